The predicted molar refractivity (Wildman–Crippen MR) is 202 cm³/mol. The SMILES string of the molecule is CCCN(C)Cc1ncc(-c2ccc(OCc3ccc4nc([As](C)N(CCC)C(=O)OC(C)(C)C)n(SCc5ccccc5)c4c3)cc2)[nH]1. The van der Waals surface area contributed by atoms with Crippen LogP contribution in [0.5, 0.6) is 5.75 Å². The maximum Gasteiger partial charge on any atom is -0.341 e. The number of H-pyrrole nitrogens is 1. The van der Waals surface area contributed by atoms with Gasteiger partial charge in [0, 0.05) is 0 Å². The van der Waals surface area contributed by atoms with Gasteiger partial charge in [0.2, 0.25) is 0 Å². The average Bonchev–Trinajstić information content (AvgIpc) is 3.69. The van der Waals surface area contributed by atoms with E-state index in [0.29, 0.717) is 13.2 Å². The Labute approximate surface area is 300 Å². The molecule has 0 aliphatic rings. The van der Waals surface area contributed by atoms with Gasteiger partial charge in [0.05, 0.1) is 12.7 Å². The van der Waals surface area contributed by atoms with Gasteiger partial charge in [-0.2, -0.15) is 0 Å². The second-order valence-corrected chi connectivity index (χ2v) is 18.2. The van der Waals surface area contributed by atoms with Gasteiger partial charge >= 0.3 is 241 Å². The summed E-state index contributed by atoms with van der Waals surface area (Å²) in [6.45, 7) is 12.9. The molecule has 0 aliphatic carbocycles. The third-order valence-electron chi connectivity index (χ3n) is 7.78. The second-order valence-electron chi connectivity index (χ2n) is 13.2. The number of fused-ring (bicyclic) bond motifs is 1. The number of amides is 1. The Morgan fingerprint density at radius 3 is 2.41 bits per heavy atom. The molecule has 1 N–H and O–H groups in total. The van der Waals surface area contributed by atoms with Crippen LogP contribution in [0, 0.1) is 0 Å². The van der Waals surface area contributed by atoms with E-state index in [0.717, 1.165) is 75.7 Å². The molecule has 1 atom stereocenters. The minimum Gasteiger partial charge on any atom is -0.341 e. The summed E-state index contributed by atoms with van der Waals surface area (Å²) in [6.07, 6.45) is 3.59. The third-order valence-corrected chi connectivity index (χ3v) is 13.3. The summed E-state index contributed by atoms with van der Waals surface area (Å²) < 4.78 is 17.2. The Morgan fingerprint density at radius 2 is 1.71 bits per heavy atom. The van der Waals surface area contributed by atoms with Crippen molar-refractivity contribution >= 4 is 48.6 Å². The predicted octanol–water partition coefficient (Wildman–Crippen LogP) is 8.02. The number of benzene rings is 3. The number of nitrogens with one attached hydrogen (secondary N) is 1. The number of nitrogens with zero attached hydrogens (tertiary/aromatic N) is 5. The zero-order valence-corrected chi connectivity index (χ0v) is 32.5. The second kappa shape index (κ2) is 16.8. The molecule has 3 aromatic carbocycles. The largest absolute Gasteiger partial charge is 0.341 e. The van der Waals surface area contributed by atoms with Crippen molar-refractivity contribution in [2.24, 2.45) is 0 Å². The monoisotopic (exact) mass is 744 g/mol. The molecule has 0 spiro atoms. The van der Waals surface area contributed by atoms with Crippen LogP contribution < -0.4 is 9.35 Å². The molecule has 0 saturated heterocycles. The zero-order chi connectivity index (χ0) is 35.0. The van der Waals surface area contributed by atoms with Gasteiger partial charge in [-0.05, 0) is 20.0 Å². The minimum absolute atomic E-state index is 0.267. The maximum atomic E-state index is 13.4. The molecule has 2 aromatic heterocycles. The molecule has 9 nitrogen and oxygen atoms in total. The van der Waals surface area contributed by atoms with Crippen LogP contribution in [0.3, 0.4) is 0 Å². The smallest absolute Gasteiger partial charge is 0.341 e. The Balaban J connectivity index is 1.35. The molecule has 0 aliphatic heterocycles. The molecule has 49 heavy (non-hydrogen) atoms. The number of imidazole rings is 2. The molecule has 0 bridgehead atoms. The van der Waals surface area contributed by atoms with Gasteiger partial charge in [-0.1, -0.05) is 6.92 Å². The van der Waals surface area contributed by atoms with E-state index in [4.69, 9.17) is 14.5 Å². The van der Waals surface area contributed by atoms with Gasteiger partial charge in [-0.15, -0.1) is 0 Å². The summed E-state index contributed by atoms with van der Waals surface area (Å²) in [5.41, 5.74) is 7.88. The number of hydrogen-bond donors (Lipinski definition) is 1. The summed E-state index contributed by atoms with van der Waals surface area (Å²) >= 11 is -0.425. The first kappa shape index (κ1) is 36.6. The van der Waals surface area contributed by atoms with Gasteiger partial charge in [0.25, 0.3) is 0 Å². The molecule has 5 aromatic rings. The molecule has 0 saturated carbocycles. The van der Waals surface area contributed by atoms with Crippen LogP contribution in [0.1, 0.15) is 64.4 Å². The molecule has 2 heterocycles. The van der Waals surface area contributed by atoms with E-state index in [1.54, 1.807) is 11.9 Å². The number of carbonyl (C=O) groups is 1. The van der Waals surface area contributed by atoms with Gasteiger partial charge in [0.15, 0.2) is 0 Å². The van der Waals surface area contributed by atoms with Crippen molar-refractivity contribution < 1.29 is 14.3 Å². The van der Waals surface area contributed by atoms with Gasteiger partial charge in [-0.25, -0.2) is 4.98 Å². The van der Waals surface area contributed by atoms with Crippen LogP contribution in [-0.2, 0) is 23.6 Å². The summed E-state index contributed by atoms with van der Waals surface area (Å²) in [7, 11) is 2.11. The van der Waals surface area contributed by atoms with Gasteiger partial charge in [0.1, 0.15) is 5.82 Å². The maximum absolute atomic E-state index is 13.4. The third kappa shape index (κ3) is 9.93. The van der Waals surface area contributed by atoms with Crippen molar-refractivity contribution in [2.45, 2.75) is 77.7 Å². The Morgan fingerprint density at radius 1 is 0.980 bits per heavy atom. The standard InChI is InChI=1S/C38H49AsN6O3S/c1-8-21-43(7)25-35-40-24-33(41-35)30-16-18-31(19-17-30)47-26-29-15-20-32-34(23-29)45(49-27-28-13-11-10-12-14-28)36(42-32)39(6)44(22-9-2)37(46)48-38(3,4)5/h10-20,23-24H,8-9,21-22,25-27H2,1-7H3,(H,40,41). The molecular weight excluding hydrogens is 695 g/mol. The fraction of sp³-hybridized carbons (Fsp3) is 0.395. The van der Waals surface area contributed by atoms with Gasteiger partial charge in [-0.3, -0.25) is 4.90 Å². The molecular formula is C38H49AsN6O3S. The van der Waals surface area contributed by atoms with E-state index in [2.05, 4.69) is 100 Å². The topological polar surface area (TPSA) is 88.5 Å². The van der Waals surface area contributed by atoms with Crippen LogP contribution >= 0.6 is 11.9 Å². The molecule has 11 heteroatoms. The normalized spacial score (nSPS) is 12.4. The van der Waals surface area contributed by atoms with Crippen molar-refractivity contribution in [3.8, 4) is 17.0 Å². The molecule has 0 radical (unpaired) electrons. The quantitative estimate of drug-likeness (QED) is 0.109. The summed E-state index contributed by atoms with van der Waals surface area (Å²) in [5.74, 6) is 2.54. The van der Waals surface area contributed by atoms with E-state index in [9.17, 15) is 4.79 Å². The number of aromatic nitrogens is 4. The molecule has 260 valence electrons. The Hall–Kier alpha value is -3.72. The molecule has 0 fully saturated rings. The first-order valence-electron chi connectivity index (χ1n) is 16.9. The van der Waals surface area contributed by atoms with E-state index in [-0.39, 0.29) is 6.09 Å². The summed E-state index contributed by atoms with van der Waals surface area (Å²) in [6, 6.07) is 24.9. The van der Waals surface area contributed by atoms with Crippen molar-refractivity contribution in [3.05, 3.63) is 95.9 Å². The van der Waals surface area contributed by atoms with Crippen LogP contribution in [0.25, 0.3) is 22.3 Å². The number of aromatic amines is 1. The Bertz CT molecular complexity index is 1800. The first-order chi connectivity index (χ1) is 23.5. The number of rotatable bonds is 15. The van der Waals surface area contributed by atoms with Gasteiger partial charge < -0.3 is 4.98 Å². The van der Waals surface area contributed by atoms with Crippen molar-refractivity contribution in [3.63, 3.8) is 0 Å². The number of carbonyl (C=O) groups excluding carboxylic acids is 1. The number of ether oxygens (including phenoxy) is 2. The van der Waals surface area contributed by atoms with Crippen LogP contribution in [0.4, 0.5) is 4.79 Å². The van der Waals surface area contributed by atoms with E-state index in [1.807, 2.05) is 49.0 Å². The fourth-order valence-electron chi connectivity index (χ4n) is 5.42. The van der Waals surface area contributed by atoms with Crippen molar-refractivity contribution in [1.29, 1.82) is 0 Å². The van der Waals surface area contributed by atoms with Crippen LogP contribution in [-0.4, -0.2) is 74.3 Å². The minimum atomic E-state index is -2.14. The van der Waals surface area contributed by atoms with Crippen molar-refractivity contribution in [2.75, 3.05) is 20.1 Å². The first-order valence-corrected chi connectivity index (χ1v) is 21.5. The van der Waals surface area contributed by atoms with E-state index >= 15 is 0 Å². The Kier molecular flexibility index (Phi) is 12.5. The van der Waals surface area contributed by atoms with E-state index in [1.165, 1.54) is 5.56 Å². The zero-order valence-electron chi connectivity index (χ0n) is 29.8. The molecule has 1 amide bonds. The fourth-order valence-corrected chi connectivity index (χ4v) is 10.7. The summed E-state index contributed by atoms with van der Waals surface area (Å²) in [4.78, 5) is 28.8. The summed E-state index contributed by atoms with van der Waals surface area (Å²) in [5, 5.41) is 0. The average molecular weight is 745 g/mol. The van der Waals surface area contributed by atoms with Crippen molar-refractivity contribution in [1.82, 2.24) is 27.6 Å². The molecule has 5 rings (SSSR count). The number of hydrogen-bond acceptors (Lipinski definition) is 7. The van der Waals surface area contributed by atoms with Crippen LogP contribution in [0.15, 0.2) is 79.0 Å². The van der Waals surface area contributed by atoms with E-state index < -0.39 is 20.5 Å². The molecule has 1 unspecified atom stereocenters. The van der Waals surface area contributed by atoms with Crippen LogP contribution in [0.2, 0.25) is 5.71 Å².